The zero-order valence-electron chi connectivity index (χ0n) is 15.4. The van der Waals surface area contributed by atoms with Gasteiger partial charge in [0, 0.05) is 46.4 Å². The molecule has 0 spiro atoms. The summed E-state index contributed by atoms with van der Waals surface area (Å²) in [5.41, 5.74) is 3.04. The molecule has 0 saturated carbocycles. The monoisotopic (exact) mass is 375 g/mol. The first-order valence-corrected chi connectivity index (χ1v) is 8.95. The van der Waals surface area contributed by atoms with E-state index in [1.54, 1.807) is 35.0 Å². The average Bonchev–Trinajstić information content (AvgIpc) is 2.68. The summed E-state index contributed by atoms with van der Waals surface area (Å²) in [6, 6.07) is 14.4. The Kier molecular flexibility index (Phi) is 4.39. The Balaban J connectivity index is 2.03. The molecular formula is C22H18FN3O2. The lowest BCUT2D eigenvalue weighted by molar-refractivity contribution is 0.579. The molecule has 6 heteroatoms. The third kappa shape index (κ3) is 3.24. The molecule has 0 atom stereocenters. The summed E-state index contributed by atoms with van der Waals surface area (Å²) in [4.78, 5) is 31.2. The van der Waals surface area contributed by atoms with Crippen LogP contribution in [0.2, 0.25) is 0 Å². The highest BCUT2D eigenvalue weighted by Crippen LogP contribution is 2.32. The van der Waals surface area contributed by atoms with Crippen LogP contribution in [0.3, 0.4) is 0 Å². The van der Waals surface area contributed by atoms with Crippen molar-refractivity contribution in [1.82, 2.24) is 14.5 Å². The SMILES string of the molecule is CC(C)n1cc(-c2cc3ccc(=O)[nH]c3nc2-c2ccc(F)cc2)ccc1=O. The summed E-state index contributed by atoms with van der Waals surface area (Å²) >= 11 is 0. The highest BCUT2D eigenvalue weighted by Gasteiger charge is 2.14. The van der Waals surface area contributed by atoms with E-state index in [2.05, 4.69) is 9.97 Å². The van der Waals surface area contributed by atoms with Crippen molar-refractivity contribution in [3.05, 3.63) is 87.3 Å². The Morgan fingerprint density at radius 2 is 1.68 bits per heavy atom. The summed E-state index contributed by atoms with van der Waals surface area (Å²) in [5.74, 6) is -0.340. The molecule has 4 aromatic rings. The number of aromatic amines is 1. The second kappa shape index (κ2) is 6.88. The molecular weight excluding hydrogens is 357 g/mol. The Hall–Kier alpha value is -3.54. The number of nitrogens with one attached hydrogen (secondary N) is 1. The number of pyridine rings is 3. The molecule has 0 bridgehead atoms. The normalized spacial score (nSPS) is 11.3. The van der Waals surface area contributed by atoms with Gasteiger partial charge in [-0.15, -0.1) is 0 Å². The van der Waals surface area contributed by atoms with Crippen molar-refractivity contribution in [3.8, 4) is 22.4 Å². The summed E-state index contributed by atoms with van der Waals surface area (Å²) in [6.45, 7) is 3.88. The van der Waals surface area contributed by atoms with E-state index >= 15 is 0 Å². The number of rotatable bonds is 3. The highest BCUT2D eigenvalue weighted by atomic mass is 19.1. The lowest BCUT2D eigenvalue weighted by Gasteiger charge is -2.15. The van der Waals surface area contributed by atoms with E-state index < -0.39 is 0 Å². The third-order valence-electron chi connectivity index (χ3n) is 4.63. The quantitative estimate of drug-likeness (QED) is 0.585. The predicted molar refractivity (Wildman–Crippen MR) is 108 cm³/mol. The van der Waals surface area contributed by atoms with Gasteiger partial charge in [-0.05, 0) is 56.3 Å². The zero-order valence-corrected chi connectivity index (χ0v) is 15.4. The van der Waals surface area contributed by atoms with Crippen molar-refractivity contribution in [2.75, 3.05) is 0 Å². The number of aromatic nitrogens is 3. The average molecular weight is 375 g/mol. The van der Waals surface area contributed by atoms with E-state index in [4.69, 9.17) is 0 Å². The Bertz CT molecular complexity index is 1290. The maximum absolute atomic E-state index is 13.4. The van der Waals surface area contributed by atoms with Crippen LogP contribution < -0.4 is 11.1 Å². The molecule has 0 aliphatic heterocycles. The van der Waals surface area contributed by atoms with Crippen LogP contribution in [0.1, 0.15) is 19.9 Å². The van der Waals surface area contributed by atoms with Gasteiger partial charge in [0.05, 0.1) is 5.69 Å². The molecule has 4 rings (SSSR count). The second-order valence-electron chi connectivity index (χ2n) is 6.91. The van der Waals surface area contributed by atoms with Gasteiger partial charge >= 0.3 is 0 Å². The molecule has 0 saturated heterocycles. The van der Waals surface area contributed by atoms with Gasteiger partial charge in [-0.25, -0.2) is 9.37 Å². The van der Waals surface area contributed by atoms with Gasteiger partial charge in [0.25, 0.3) is 5.56 Å². The number of H-pyrrole nitrogens is 1. The predicted octanol–water partition coefficient (Wildman–Crippen LogP) is 4.14. The maximum Gasteiger partial charge on any atom is 0.250 e. The molecule has 0 amide bonds. The minimum Gasteiger partial charge on any atom is -0.312 e. The van der Waals surface area contributed by atoms with Gasteiger partial charge in [-0.2, -0.15) is 0 Å². The molecule has 0 radical (unpaired) electrons. The van der Waals surface area contributed by atoms with Gasteiger partial charge < -0.3 is 9.55 Å². The van der Waals surface area contributed by atoms with E-state index in [0.29, 0.717) is 16.9 Å². The van der Waals surface area contributed by atoms with Crippen LogP contribution in [0.15, 0.2) is 70.4 Å². The van der Waals surface area contributed by atoms with Gasteiger partial charge in [0.15, 0.2) is 0 Å². The smallest absolute Gasteiger partial charge is 0.250 e. The topological polar surface area (TPSA) is 67.8 Å². The first-order chi connectivity index (χ1) is 13.4. The molecule has 0 fully saturated rings. The van der Waals surface area contributed by atoms with Crippen LogP contribution >= 0.6 is 0 Å². The number of halogens is 1. The fourth-order valence-electron chi connectivity index (χ4n) is 3.19. The Morgan fingerprint density at radius 3 is 2.39 bits per heavy atom. The summed E-state index contributed by atoms with van der Waals surface area (Å²) in [7, 11) is 0. The Labute approximate surface area is 160 Å². The molecule has 3 aromatic heterocycles. The summed E-state index contributed by atoms with van der Waals surface area (Å²) < 4.78 is 15.1. The summed E-state index contributed by atoms with van der Waals surface area (Å²) in [6.07, 6.45) is 1.80. The van der Waals surface area contributed by atoms with Crippen LogP contribution in [-0.2, 0) is 0 Å². The largest absolute Gasteiger partial charge is 0.312 e. The molecule has 3 heterocycles. The molecule has 0 unspecified atom stereocenters. The van der Waals surface area contributed by atoms with Gasteiger partial charge in [0.1, 0.15) is 11.5 Å². The standard InChI is InChI=1S/C22H18FN3O2/c1-13(2)26-12-16(6-10-20(26)28)18-11-15-5-9-19(27)24-22(15)25-21(18)14-3-7-17(23)8-4-14/h3-13H,1-2H3,(H,24,25,27). The van der Waals surface area contributed by atoms with Crippen molar-refractivity contribution < 1.29 is 4.39 Å². The van der Waals surface area contributed by atoms with Gasteiger partial charge in [0.2, 0.25) is 5.56 Å². The number of hydrogen-bond donors (Lipinski definition) is 1. The molecule has 0 aliphatic carbocycles. The first-order valence-electron chi connectivity index (χ1n) is 8.95. The van der Waals surface area contributed by atoms with Crippen LogP contribution in [0, 0.1) is 5.82 Å². The van der Waals surface area contributed by atoms with Crippen LogP contribution in [-0.4, -0.2) is 14.5 Å². The third-order valence-corrected chi connectivity index (χ3v) is 4.63. The molecule has 5 nitrogen and oxygen atoms in total. The first kappa shape index (κ1) is 17.9. The number of benzene rings is 1. The fourth-order valence-corrected chi connectivity index (χ4v) is 3.19. The minimum absolute atomic E-state index is 0.00601. The molecule has 140 valence electrons. The highest BCUT2D eigenvalue weighted by molar-refractivity contribution is 5.89. The van der Waals surface area contributed by atoms with Gasteiger partial charge in [-0.3, -0.25) is 9.59 Å². The zero-order chi connectivity index (χ0) is 19.8. The lowest BCUT2D eigenvalue weighted by atomic mass is 9.99. The minimum atomic E-state index is -0.340. The van der Waals surface area contributed by atoms with Crippen molar-refractivity contribution in [2.45, 2.75) is 19.9 Å². The van der Waals surface area contributed by atoms with E-state index in [1.165, 1.54) is 24.3 Å². The molecule has 0 aliphatic rings. The van der Waals surface area contributed by atoms with Crippen molar-refractivity contribution >= 4 is 11.0 Å². The molecule has 1 aromatic carbocycles. The van der Waals surface area contributed by atoms with E-state index in [9.17, 15) is 14.0 Å². The molecule has 1 N–H and O–H groups in total. The van der Waals surface area contributed by atoms with Gasteiger partial charge in [-0.1, -0.05) is 0 Å². The lowest BCUT2D eigenvalue weighted by Crippen LogP contribution is -2.20. The number of nitrogens with zero attached hydrogens (tertiary/aromatic N) is 2. The van der Waals surface area contributed by atoms with Crippen LogP contribution in [0.25, 0.3) is 33.4 Å². The van der Waals surface area contributed by atoms with E-state index in [0.717, 1.165) is 16.5 Å². The number of fused-ring (bicyclic) bond motifs is 1. The maximum atomic E-state index is 13.4. The van der Waals surface area contributed by atoms with Crippen molar-refractivity contribution in [1.29, 1.82) is 0 Å². The fraction of sp³-hybridized carbons (Fsp3) is 0.136. The van der Waals surface area contributed by atoms with Crippen LogP contribution in [0.4, 0.5) is 4.39 Å². The van der Waals surface area contributed by atoms with Crippen LogP contribution in [0.5, 0.6) is 0 Å². The number of hydrogen-bond acceptors (Lipinski definition) is 3. The van der Waals surface area contributed by atoms with E-state index in [-0.39, 0.29) is 23.0 Å². The second-order valence-corrected chi connectivity index (χ2v) is 6.91. The van der Waals surface area contributed by atoms with E-state index in [1.807, 2.05) is 19.9 Å². The summed E-state index contributed by atoms with van der Waals surface area (Å²) in [5, 5.41) is 0.766. The van der Waals surface area contributed by atoms with Crippen molar-refractivity contribution in [3.63, 3.8) is 0 Å². The Morgan fingerprint density at radius 1 is 0.964 bits per heavy atom. The molecule has 28 heavy (non-hydrogen) atoms. The van der Waals surface area contributed by atoms with Crippen molar-refractivity contribution in [2.24, 2.45) is 0 Å².